The van der Waals surface area contributed by atoms with E-state index in [1.807, 2.05) is 37.3 Å². The highest BCUT2D eigenvalue weighted by Gasteiger charge is 2.19. The first-order chi connectivity index (χ1) is 7.38. The molecule has 1 atom stereocenters. The summed E-state index contributed by atoms with van der Waals surface area (Å²) in [6, 6.07) is 9.67. The molecule has 4 heteroatoms. The van der Waals surface area contributed by atoms with Crippen molar-refractivity contribution in [2.24, 2.45) is 4.99 Å². The number of ether oxygens (including phenoxy) is 2. The van der Waals surface area contributed by atoms with Crippen LogP contribution in [0, 0.1) is 0 Å². The van der Waals surface area contributed by atoms with Crippen LogP contribution in [0.4, 0.5) is 0 Å². The Morgan fingerprint density at radius 1 is 1.40 bits per heavy atom. The number of nitrogens with zero attached hydrogens (tertiary/aromatic N) is 1. The zero-order valence-corrected chi connectivity index (χ0v) is 9.37. The van der Waals surface area contributed by atoms with Gasteiger partial charge in [0.25, 0.3) is 5.23 Å². The van der Waals surface area contributed by atoms with Gasteiger partial charge in [-0.2, -0.15) is 0 Å². The van der Waals surface area contributed by atoms with E-state index in [-0.39, 0.29) is 6.23 Å². The number of aliphatic imine (C=N–C) groups is 1. The summed E-state index contributed by atoms with van der Waals surface area (Å²) in [5, 5.41) is 0.694. The summed E-state index contributed by atoms with van der Waals surface area (Å²) in [5.74, 6) is 1.66. The summed E-state index contributed by atoms with van der Waals surface area (Å²) in [7, 11) is 0. The van der Waals surface area contributed by atoms with Gasteiger partial charge in [-0.05, 0) is 19.1 Å². The zero-order valence-electron chi connectivity index (χ0n) is 8.55. The van der Waals surface area contributed by atoms with Gasteiger partial charge in [-0.15, -0.1) is 0 Å². The van der Waals surface area contributed by atoms with Gasteiger partial charge in [0, 0.05) is 12.4 Å². The molecular formula is C11H13NO2S. The molecular weight excluding hydrogens is 210 g/mol. The molecule has 1 aromatic carbocycles. The highest BCUT2D eigenvalue weighted by atomic mass is 32.2. The fraction of sp³-hybridized carbons (Fsp3) is 0.364. The molecule has 0 aliphatic carbocycles. The van der Waals surface area contributed by atoms with Crippen molar-refractivity contribution in [3.05, 3.63) is 30.3 Å². The molecule has 15 heavy (non-hydrogen) atoms. The fourth-order valence-electron chi connectivity index (χ4n) is 1.26. The Balaban J connectivity index is 1.94. The molecule has 1 aliphatic heterocycles. The van der Waals surface area contributed by atoms with E-state index in [2.05, 4.69) is 4.99 Å². The molecule has 0 fully saturated rings. The number of hydrogen-bond acceptors (Lipinski definition) is 4. The van der Waals surface area contributed by atoms with Gasteiger partial charge in [-0.1, -0.05) is 30.0 Å². The monoisotopic (exact) mass is 223 g/mol. The maximum atomic E-state index is 5.58. The first kappa shape index (κ1) is 10.5. The largest absolute Gasteiger partial charge is 0.434 e. The van der Waals surface area contributed by atoms with Crippen LogP contribution in [0.15, 0.2) is 35.3 Å². The van der Waals surface area contributed by atoms with Crippen molar-refractivity contribution in [2.45, 2.75) is 13.2 Å². The number of thioether (sulfide) groups is 1. The first-order valence-corrected chi connectivity index (χ1v) is 5.92. The lowest BCUT2D eigenvalue weighted by molar-refractivity contribution is 0.0875. The Hall–Kier alpha value is -1.00. The predicted molar refractivity (Wildman–Crippen MR) is 62.4 cm³/mol. The minimum atomic E-state index is -0.0429. The molecule has 0 saturated carbocycles. The minimum Gasteiger partial charge on any atom is -0.434 e. The summed E-state index contributed by atoms with van der Waals surface area (Å²) in [6.45, 7) is 2.66. The van der Waals surface area contributed by atoms with Crippen molar-refractivity contribution in [1.82, 2.24) is 0 Å². The van der Waals surface area contributed by atoms with Crippen LogP contribution < -0.4 is 4.74 Å². The van der Waals surface area contributed by atoms with E-state index in [0.717, 1.165) is 11.5 Å². The standard InChI is InChI=1S/C11H13NO2S/c1-2-13-10-8-15-11(12-10)14-9-6-4-3-5-7-9/h3-7,10H,2,8H2,1H3. The van der Waals surface area contributed by atoms with Crippen LogP contribution in [0.1, 0.15) is 6.92 Å². The number of hydrogen-bond donors (Lipinski definition) is 0. The number of rotatable bonds is 3. The minimum absolute atomic E-state index is 0.0429. The summed E-state index contributed by atoms with van der Waals surface area (Å²) in [6.07, 6.45) is -0.0429. The number of benzene rings is 1. The maximum absolute atomic E-state index is 5.58. The average Bonchev–Trinajstić information content (AvgIpc) is 2.68. The molecule has 0 spiro atoms. The lowest BCUT2D eigenvalue weighted by Gasteiger charge is -2.03. The molecule has 0 aromatic heterocycles. The molecule has 0 N–H and O–H groups in total. The molecule has 1 unspecified atom stereocenters. The van der Waals surface area contributed by atoms with Crippen molar-refractivity contribution in [3.8, 4) is 5.75 Å². The van der Waals surface area contributed by atoms with E-state index < -0.39 is 0 Å². The smallest absolute Gasteiger partial charge is 0.254 e. The molecule has 80 valence electrons. The van der Waals surface area contributed by atoms with Gasteiger partial charge >= 0.3 is 0 Å². The van der Waals surface area contributed by atoms with Crippen molar-refractivity contribution in [3.63, 3.8) is 0 Å². The van der Waals surface area contributed by atoms with Crippen LogP contribution in [0.5, 0.6) is 5.75 Å². The molecule has 1 heterocycles. The Morgan fingerprint density at radius 3 is 2.93 bits per heavy atom. The molecule has 2 rings (SSSR count). The summed E-state index contributed by atoms with van der Waals surface area (Å²) < 4.78 is 11.0. The van der Waals surface area contributed by atoms with Crippen LogP contribution >= 0.6 is 11.8 Å². The van der Waals surface area contributed by atoms with Gasteiger partial charge in [0.15, 0.2) is 6.23 Å². The van der Waals surface area contributed by atoms with Gasteiger partial charge in [-0.25, -0.2) is 4.99 Å². The predicted octanol–water partition coefficient (Wildman–Crippen LogP) is 2.53. The van der Waals surface area contributed by atoms with E-state index in [9.17, 15) is 0 Å². The maximum Gasteiger partial charge on any atom is 0.254 e. The summed E-state index contributed by atoms with van der Waals surface area (Å²) >= 11 is 1.59. The summed E-state index contributed by atoms with van der Waals surface area (Å²) in [5.41, 5.74) is 0. The summed E-state index contributed by atoms with van der Waals surface area (Å²) in [4.78, 5) is 4.31. The van der Waals surface area contributed by atoms with Gasteiger partial charge < -0.3 is 9.47 Å². The van der Waals surface area contributed by atoms with E-state index in [1.54, 1.807) is 11.8 Å². The lowest BCUT2D eigenvalue weighted by Crippen LogP contribution is -2.08. The van der Waals surface area contributed by atoms with Gasteiger partial charge in [-0.3, -0.25) is 0 Å². The lowest BCUT2D eigenvalue weighted by atomic mass is 10.3. The van der Waals surface area contributed by atoms with E-state index in [1.165, 1.54) is 0 Å². The van der Waals surface area contributed by atoms with Crippen molar-refractivity contribution >= 4 is 17.0 Å². The van der Waals surface area contributed by atoms with Gasteiger partial charge in [0.1, 0.15) is 5.75 Å². The molecule has 0 radical (unpaired) electrons. The molecule has 3 nitrogen and oxygen atoms in total. The van der Waals surface area contributed by atoms with Crippen molar-refractivity contribution in [2.75, 3.05) is 12.4 Å². The third kappa shape index (κ3) is 2.97. The topological polar surface area (TPSA) is 30.8 Å². The number of para-hydroxylation sites is 1. The first-order valence-electron chi connectivity index (χ1n) is 4.93. The fourth-order valence-corrected chi connectivity index (χ4v) is 2.06. The highest BCUT2D eigenvalue weighted by Crippen LogP contribution is 2.22. The molecule has 0 bridgehead atoms. The normalized spacial score (nSPS) is 20.1. The molecule has 0 saturated heterocycles. The van der Waals surface area contributed by atoms with E-state index >= 15 is 0 Å². The molecule has 1 aromatic rings. The molecule has 1 aliphatic rings. The third-order valence-electron chi connectivity index (χ3n) is 1.91. The third-order valence-corrected chi connectivity index (χ3v) is 2.79. The highest BCUT2D eigenvalue weighted by molar-refractivity contribution is 8.13. The van der Waals surface area contributed by atoms with Crippen molar-refractivity contribution < 1.29 is 9.47 Å². The molecule has 0 amide bonds. The second-order valence-electron chi connectivity index (χ2n) is 3.03. The Morgan fingerprint density at radius 2 is 2.20 bits per heavy atom. The second kappa shape index (κ2) is 5.19. The van der Waals surface area contributed by atoms with Crippen LogP contribution in [-0.4, -0.2) is 23.8 Å². The SMILES string of the molecule is CCOC1CSC(Oc2ccccc2)=N1. The Bertz CT molecular complexity index is 340. The van der Waals surface area contributed by atoms with Crippen LogP contribution in [0.2, 0.25) is 0 Å². The Kier molecular flexibility index (Phi) is 3.64. The van der Waals surface area contributed by atoms with Crippen LogP contribution in [0.3, 0.4) is 0 Å². The Labute approximate surface area is 93.5 Å². The zero-order chi connectivity index (χ0) is 10.5. The quantitative estimate of drug-likeness (QED) is 0.789. The van der Waals surface area contributed by atoms with Gasteiger partial charge in [0.05, 0.1) is 0 Å². The van der Waals surface area contributed by atoms with Crippen LogP contribution in [-0.2, 0) is 4.74 Å². The van der Waals surface area contributed by atoms with E-state index in [0.29, 0.717) is 11.8 Å². The second-order valence-corrected chi connectivity index (χ2v) is 4.00. The average molecular weight is 223 g/mol. The van der Waals surface area contributed by atoms with Gasteiger partial charge in [0.2, 0.25) is 0 Å². The van der Waals surface area contributed by atoms with Crippen molar-refractivity contribution in [1.29, 1.82) is 0 Å². The van der Waals surface area contributed by atoms with E-state index in [4.69, 9.17) is 9.47 Å². The van der Waals surface area contributed by atoms with Crippen LogP contribution in [0.25, 0.3) is 0 Å².